The molecule has 0 aliphatic heterocycles. The Morgan fingerprint density at radius 2 is 0.929 bits per heavy atom. The smallest absolute Gasteiger partial charge is 0 e. The maximum absolute atomic E-state index is 4.44. The van der Waals surface area contributed by atoms with Gasteiger partial charge in [-0.3, -0.25) is 0 Å². The van der Waals surface area contributed by atoms with Crippen molar-refractivity contribution in [1.29, 1.82) is 0 Å². The molecule has 0 spiro atoms. The summed E-state index contributed by atoms with van der Waals surface area (Å²) < 4.78 is 0. The Labute approximate surface area is 109 Å². The molecule has 0 saturated carbocycles. The number of hydrogen-bond acceptors (Lipinski definition) is 0. The van der Waals surface area contributed by atoms with E-state index in [1.54, 1.807) is 0 Å². The summed E-state index contributed by atoms with van der Waals surface area (Å²) in [5, 5.41) is 4.44. The molecule has 0 N–H and O–H groups in total. The van der Waals surface area contributed by atoms with Gasteiger partial charge in [0.15, 0.2) is 0 Å². The van der Waals surface area contributed by atoms with E-state index in [1.807, 2.05) is 60.7 Å². The van der Waals surface area contributed by atoms with Crippen molar-refractivity contribution < 1.29 is 32.7 Å². The third-order valence-electron chi connectivity index (χ3n) is 1.77. The minimum absolute atomic E-state index is 0. The largest absolute Gasteiger partial charge is 0.658 e. The van der Waals surface area contributed by atoms with E-state index >= 15 is 0 Å². The molecule has 0 aromatic heterocycles. The molecule has 0 heterocycles. The van der Waals surface area contributed by atoms with Crippen LogP contribution in [0.25, 0.3) is 5.32 Å². The van der Waals surface area contributed by atoms with Crippen LogP contribution in [0.15, 0.2) is 60.7 Å². The van der Waals surface area contributed by atoms with Crippen LogP contribution in [0.4, 0.5) is 11.4 Å². The Bertz CT molecular complexity index is 321. The Hall–Kier alpha value is -0.656. The van der Waals surface area contributed by atoms with Crippen molar-refractivity contribution in [2.45, 2.75) is 0 Å². The minimum atomic E-state index is 0. The van der Waals surface area contributed by atoms with Gasteiger partial charge in [-0.25, -0.2) is 0 Å². The first-order valence-electron chi connectivity index (χ1n) is 4.27. The minimum Gasteiger partial charge on any atom is -0.658 e. The van der Waals surface area contributed by atoms with Gasteiger partial charge in [0.2, 0.25) is 0 Å². The standard InChI is InChI=1S/C12H10N.Y/c1-3-7-11(8-4-1)13-12-9-5-2-6-10-12;/h1-10H;/q-1;. The summed E-state index contributed by atoms with van der Waals surface area (Å²) in [5.41, 5.74) is 1.99. The van der Waals surface area contributed by atoms with Crippen molar-refractivity contribution in [3.05, 3.63) is 66.0 Å². The molecule has 0 amide bonds. The number of hydrogen-bond donors (Lipinski definition) is 0. The Balaban J connectivity index is 0.000000980. The predicted octanol–water partition coefficient (Wildman–Crippen LogP) is 4.02. The molecule has 0 aliphatic rings. The van der Waals surface area contributed by atoms with Crippen molar-refractivity contribution >= 4 is 11.4 Å². The number of benzene rings is 2. The van der Waals surface area contributed by atoms with E-state index in [2.05, 4.69) is 5.32 Å². The fraction of sp³-hybridized carbons (Fsp3) is 0. The van der Waals surface area contributed by atoms with Crippen molar-refractivity contribution in [2.75, 3.05) is 0 Å². The van der Waals surface area contributed by atoms with Gasteiger partial charge in [-0.15, -0.1) is 11.4 Å². The summed E-state index contributed by atoms with van der Waals surface area (Å²) >= 11 is 0. The molecule has 0 saturated heterocycles. The summed E-state index contributed by atoms with van der Waals surface area (Å²) in [4.78, 5) is 0. The molecule has 1 radical (unpaired) electrons. The van der Waals surface area contributed by atoms with Gasteiger partial charge in [0.25, 0.3) is 0 Å². The first-order chi connectivity index (χ1) is 6.45. The van der Waals surface area contributed by atoms with E-state index < -0.39 is 0 Å². The van der Waals surface area contributed by atoms with E-state index in [0.717, 1.165) is 11.4 Å². The second kappa shape index (κ2) is 5.95. The SMILES string of the molecule is [Y].c1ccc([N-]c2ccccc2)cc1. The van der Waals surface area contributed by atoms with Gasteiger partial charge in [-0.2, -0.15) is 0 Å². The molecule has 0 aliphatic carbocycles. The van der Waals surface area contributed by atoms with Crippen molar-refractivity contribution in [2.24, 2.45) is 0 Å². The summed E-state index contributed by atoms with van der Waals surface area (Å²) in [7, 11) is 0. The predicted molar refractivity (Wildman–Crippen MR) is 55.6 cm³/mol. The average Bonchev–Trinajstić information content (AvgIpc) is 2.21. The normalized spacial score (nSPS) is 8.86. The van der Waals surface area contributed by atoms with E-state index in [0.29, 0.717) is 0 Å². The molecule has 67 valence electrons. The van der Waals surface area contributed by atoms with Crippen LogP contribution in [0, 0.1) is 0 Å². The molecule has 14 heavy (non-hydrogen) atoms. The Morgan fingerprint density at radius 1 is 0.571 bits per heavy atom. The molecule has 0 fully saturated rings. The summed E-state index contributed by atoms with van der Waals surface area (Å²) in [6, 6.07) is 19.9. The zero-order chi connectivity index (χ0) is 8.93. The summed E-state index contributed by atoms with van der Waals surface area (Å²) in [5.74, 6) is 0. The van der Waals surface area contributed by atoms with Gasteiger partial charge in [0.05, 0.1) is 0 Å². The second-order valence-electron chi connectivity index (χ2n) is 2.78. The van der Waals surface area contributed by atoms with Gasteiger partial charge in [-0.1, -0.05) is 60.7 Å². The first-order valence-corrected chi connectivity index (χ1v) is 4.27. The van der Waals surface area contributed by atoms with Gasteiger partial charge >= 0.3 is 0 Å². The van der Waals surface area contributed by atoms with Crippen LogP contribution in [0.3, 0.4) is 0 Å². The fourth-order valence-electron chi connectivity index (χ4n) is 1.15. The van der Waals surface area contributed by atoms with E-state index in [4.69, 9.17) is 0 Å². The summed E-state index contributed by atoms with van der Waals surface area (Å²) in [6.07, 6.45) is 0. The molecule has 2 heteroatoms. The molecular weight excluding hydrogens is 247 g/mol. The third-order valence-corrected chi connectivity index (χ3v) is 1.77. The molecule has 0 atom stereocenters. The van der Waals surface area contributed by atoms with Crippen LogP contribution >= 0.6 is 0 Å². The average molecular weight is 257 g/mol. The van der Waals surface area contributed by atoms with Crippen molar-refractivity contribution in [3.8, 4) is 0 Å². The molecule has 0 unspecified atom stereocenters. The molecular formula is C12H10NY-. The van der Waals surface area contributed by atoms with E-state index in [-0.39, 0.29) is 32.7 Å². The number of rotatable bonds is 2. The van der Waals surface area contributed by atoms with Gasteiger partial charge in [-0.05, 0) is 0 Å². The molecule has 1 nitrogen and oxygen atoms in total. The molecule has 2 rings (SSSR count). The summed E-state index contributed by atoms with van der Waals surface area (Å²) in [6.45, 7) is 0. The Kier molecular flexibility index (Phi) is 4.85. The van der Waals surface area contributed by atoms with E-state index in [1.165, 1.54) is 0 Å². The zero-order valence-corrected chi connectivity index (χ0v) is 10.6. The zero-order valence-electron chi connectivity index (χ0n) is 7.80. The monoisotopic (exact) mass is 257 g/mol. The molecule has 2 aromatic rings. The third kappa shape index (κ3) is 3.24. The quantitative estimate of drug-likeness (QED) is 0.771. The topological polar surface area (TPSA) is 14.1 Å². The number of nitrogens with zero attached hydrogens (tertiary/aromatic N) is 1. The van der Waals surface area contributed by atoms with Crippen LogP contribution < -0.4 is 0 Å². The Morgan fingerprint density at radius 3 is 1.29 bits per heavy atom. The maximum Gasteiger partial charge on any atom is 0 e. The molecule has 2 aromatic carbocycles. The van der Waals surface area contributed by atoms with Gasteiger partial charge in [0.1, 0.15) is 0 Å². The van der Waals surface area contributed by atoms with Gasteiger partial charge in [0, 0.05) is 32.7 Å². The van der Waals surface area contributed by atoms with Crippen LogP contribution in [0.1, 0.15) is 0 Å². The number of para-hydroxylation sites is 2. The van der Waals surface area contributed by atoms with Crippen LogP contribution in [-0.2, 0) is 32.7 Å². The first kappa shape index (κ1) is 11.4. The van der Waals surface area contributed by atoms with Crippen LogP contribution in [0.2, 0.25) is 0 Å². The van der Waals surface area contributed by atoms with Crippen molar-refractivity contribution in [1.82, 2.24) is 0 Å². The molecule has 0 bridgehead atoms. The van der Waals surface area contributed by atoms with Crippen LogP contribution in [0.5, 0.6) is 0 Å². The van der Waals surface area contributed by atoms with Crippen molar-refractivity contribution in [3.63, 3.8) is 0 Å². The fourth-order valence-corrected chi connectivity index (χ4v) is 1.15. The van der Waals surface area contributed by atoms with Crippen LogP contribution in [-0.4, -0.2) is 0 Å². The van der Waals surface area contributed by atoms with Gasteiger partial charge < -0.3 is 5.32 Å². The second-order valence-corrected chi connectivity index (χ2v) is 2.78. The van der Waals surface area contributed by atoms with E-state index in [9.17, 15) is 0 Å². The maximum atomic E-state index is 4.44.